The minimum Gasteiger partial charge on any atom is -0.463 e. The van der Waals surface area contributed by atoms with Crippen molar-refractivity contribution in [3.8, 4) is 0 Å². The predicted molar refractivity (Wildman–Crippen MR) is 75.8 cm³/mol. The molecule has 0 saturated carbocycles. The molecule has 0 aliphatic carbocycles. The molecule has 19 heavy (non-hydrogen) atoms. The van der Waals surface area contributed by atoms with E-state index in [1.807, 2.05) is 11.4 Å². The van der Waals surface area contributed by atoms with Crippen molar-refractivity contribution in [1.82, 2.24) is 10.6 Å². The molecular weight excluding hydrogens is 332 g/mol. The third-order valence-corrected chi connectivity index (χ3v) is 4.40. The van der Waals surface area contributed by atoms with Gasteiger partial charge in [-0.25, -0.2) is 9.59 Å². The highest BCUT2D eigenvalue weighted by molar-refractivity contribution is 9.10. The van der Waals surface area contributed by atoms with Crippen LogP contribution in [0.4, 0.5) is 4.79 Å². The van der Waals surface area contributed by atoms with Gasteiger partial charge in [-0.15, -0.1) is 11.3 Å². The molecule has 1 aromatic rings. The molecule has 0 spiro atoms. The van der Waals surface area contributed by atoms with Crippen LogP contribution in [-0.2, 0) is 9.53 Å². The van der Waals surface area contributed by atoms with Crippen LogP contribution >= 0.6 is 27.3 Å². The maximum atomic E-state index is 12.0. The largest absolute Gasteiger partial charge is 0.463 e. The molecule has 0 aromatic carbocycles. The van der Waals surface area contributed by atoms with Crippen LogP contribution in [0.2, 0.25) is 0 Å². The maximum absolute atomic E-state index is 12.0. The molecule has 0 fully saturated rings. The zero-order valence-electron chi connectivity index (χ0n) is 10.5. The van der Waals surface area contributed by atoms with E-state index in [0.717, 1.165) is 9.35 Å². The van der Waals surface area contributed by atoms with Gasteiger partial charge in [0.1, 0.15) is 0 Å². The highest BCUT2D eigenvalue weighted by Gasteiger charge is 2.32. The molecule has 2 rings (SSSR count). The lowest BCUT2D eigenvalue weighted by atomic mass is 10.0. The van der Waals surface area contributed by atoms with Gasteiger partial charge in [-0.05, 0) is 35.8 Å². The summed E-state index contributed by atoms with van der Waals surface area (Å²) in [5.74, 6) is -0.415. The van der Waals surface area contributed by atoms with E-state index >= 15 is 0 Å². The minimum atomic E-state index is -0.468. The number of carbonyl (C=O) groups is 2. The first-order valence-corrected chi connectivity index (χ1v) is 7.39. The minimum absolute atomic E-state index is 0.296. The number of rotatable bonds is 3. The first-order valence-electron chi connectivity index (χ1n) is 5.72. The van der Waals surface area contributed by atoms with E-state index in [-0.39, 0.29) is 6.03 Å². The number of ether oxygens (including phenoxy) is 1. The normalized spacial score (nSPS) is 18.9. The second kappa shape index (κ2) is 5.75. The molecule has 0 bridgehead atoms. The molecular formula is C12H13BrN2O3S. The van der Waals surface area contributed by atoms with Crippen LogP contribution in [0, 0.1) is 0 Å². The van der Waals surface area contributed by atoms with Crippen molar-refractivity contribution in [2.24, 2.45) is 0 Å². The van der Waals surface area contributed by atoms with Gasteiger partial charge in [-0.3, -0.25) is 0 Å². The Morgan fingerprint density at radius 1 is 1.58 bits per heavy atom. The Morgan fingerprint density at radius 2 is 2.32 bits per heavy atom. The number of halogens is 1. The van der Waals surface area contributed by atoms with Gasteiger partial charge >= 0.3 is 12.0 Å². The summed E-state index contributed by atoms with van der Waals surface area (Å²) in [5.41, 5.74) is 0.965. The van der Waals surface area contributed by atoms with Crippen molar-refractivity contribution in [2.75, 3.05) is 6.61 Å². The lowest BCUT2D eigenvalue weighted by Crippen LogP contribution is -2.45. The summed E-state index contributed by atoms with van der Waals surface area (Å²) in [4.78, 5) is 24.5. The van der Waals surface area contributed by atoms with Crippen LogP contribution in [0.25, 0.3) is 0 Å². The van der Waals surface area contributed by atoms with E-state index in [1.54, 1.807) is 13.8 Å². The highest BCUT2D eigenvalue weighted by Crippen LogP contribution is 2.33. The van der Waals surface area contributed by atoms with E-state index in [9.17, 15) is 9.59 Å². The maximum Gasteiger partial charge on any atom is 0.338 e. The Labute approximate surface area is 123 Å². The zero-order chi connectivity index (χ0) is 14.0. The number of amides is 2. The average Bonchev–Trinajstić information content (AvgIpc) is 2.75. The fourth-order valence-electron chi connectivity index (χ4n) is 1.87. The number of urea groups is 1. The molecule has 1 aliphatic rings. The molecule has 5 nitrogen and oxygen atoms in total. The van der Waals surface area contributed by atoms with E-state index < -0.39 is 12.0 Å². The van der Waals surface area contributed by atoms with Crippen molar-refractivity contribution < 1.29 is 14.3 Å². The van der Waals surface area contributed by atoms with Gasteiger partial charge in [0.2, 0.25) is 0 Å². The van der Waals surface area contributed by atoms with Gasteiger partial charge in [-0.2, -0.15) is 0 Å². The fourth-order valence-corrected chi connectivity index (χ4v) is 3.37. The topological polar surface area (TPSA) is 67.4 Å². The summed E-state index contributed by atoms with van der Waals surface area (Å²) >= 11 is 4.83. The van der Waals surface area contributed by atoms with Gasteiger partial charge in [0.05, 0.1) is 18.2 Å². The van der Waals surface area contributed by atoms with Crippen molar-refractivity contribution in [2.45, 2.75) is 19.9 Å². The van der Waals surface area contributed by atoms with Crippen LogP contribution in [0.5, 0.6) is 0 Å². The Bertz CT molecular complexity index is 553. The Morgan fingerprint density at radius 3 is 2.89 bits per heavy atom. The van der Waals surface area contributed by atoms with Gasteiger partial charge in [0, 0.05) is 20.4 Å². The van der Waals surface area contributed by atoms with Crippen LogP contribution < -0.4 is 10.6 Å². The molecule has 0 radical (unpaired) electrons. The van der Waals surface area contributed by atoms with Crippen molar-refractivity contribution in [3.05, 3.63) is 32.1 Å². The van der Waals surface area contributed by atoms with E-state index in [2.05, 4.69) is 26.6 Å². The molecule has 2 N–H and O–H groups in total. The number of hydrogen-bond acceptors (Lipinski definition) is 4. The molecule has 2 heterocycles. The number of esters is 1. The third-order valence-electron chi connectivity index (χ3n) is 2.64. The Balaban J connectivity index is 2.40. The first-order chi connectivity index (χ1) is 9.02. The lowest BCUT2D eigenvalue weighted by Gasteiger charge is -2.26. The summed E-state index contributed by atoms with van der Waals surface area (Å²) in [6.07, 6.45) is 0. The number of nitrogens with one attached hydrogen (secondary N) is 2. The van der Waals surface area contributed by atoms with E-state index in [4.69, 9.17) is 4.74 Å². The van der Waals surface area contributed by atoms with E-state index in [0.29, 0.717) is 17.9 Å². The van der Waals surface area contributed by atoms with Gasteiger partial charge in [0.25, 0.3) is 0 Å². The second-order valence-electron chi connectivity index (χ2n) is 3.96. The van der Waals surface area contributed by atoms with E-state index in [1.165, 1.54) is 11.3 Å². The highest BCUT2D eigenvalue weighted by atomic mass is 79.9. The van der Waals surface area contributed by atoms with Crippen molar-refractivity contribution >= 4 is 39.3 Å². The summed E-state index contributed by atoms with van der Waals surface area (Å²) in [5, 5.41) is 7.25. The van der Waals surface area contributed by atoms with Crippen LogP contribution in [0.15, 0.2) is 27.2 Å². The first kappa shape index (κ1) is 14.1. The number of carbonyl (C=O) groups excluding carboxylic acids is 2. The van der Waals surface area contributed by atoms with Gasteiger partial charge in [-0.1, -0.05) is 0 Å². The van der Waals surface area contributed by atoms with Crippen LogP contribution in [-0.4, -0.2) is 18.6 Å². The lowest BCUT2D eigenvalue weighted by molar-refractivity contribution is -0.139. The SMILES string of the molecule is CCOC(=O)C1=C(C)NC(=O)NC1c1cc(Br)cs1. The molecule has 1 aliphatic heterocycles. The van der Waals surface area contributed by atoms with Crippen molar-refractivity contribution in [3.63, 3.8) is 0 Å². The standard InChI is InChI=1S/C12H13BrN2O3S/c1-3-18-11(16)9-6(2)14-12(17)15-10(9)8-4-7(13)5-19-8/h4-5,10H,3H2,1-2H3,(H2,14,15,17). The molecule has 1 unspecified atom stereocenters. The van der Waals surface area contributed by atoms with Crippen LogP contribution in [0.1, 0.15) is 24.8 Å². The second-order valence-corrected chi connectivity index (χ2v) is 5.82. The van der Waals surface area contributed by atoms with Gasteiger partial charge < -0.3 is 15.4 Å². The smallest absolute Gasteiger partial charge is 0.338 e. The Kier molecular flexibility index (Phi) is 4.26. The molecule has 102 valence electrons. The molecule has 0 saturated heterocycles. The summed E-state index contributed by atoms with van der Waals surface area (Å²) in [6, 6.07) is 1.09. The molecule has 1 aromatic heterocycles. The monoisotopic (exact) mass is 344 g/mol. The number of allylic oxidation sites excluding steroid dienone is 1. The number of hydrogen-bond donors (Lipinski definition) is 2. The predicted octanol–water partition coefficient (Wildman–Crippen LogP) is 2.70. The number of thiophene rings is 1. The Hall–Kier alpha value is -1.34. The summed E-state index contributed by atoms with van der Waals surface area (Å²) in [7, 11) is 0. The van der Waals surface area contributed by atoms with Crippen LogP contribution in [0.3, 0.4) is 0 Å². The third kappa shape index (κ3) is 2.98. The zero-order valence-corrected chi connectivity index (χ0v) is 12.9. The fraction of sp³-hybridized carbons (Fsp3) is 0.333. The quantitative estimate of drug-likeness (QED) is 0.828. The summed E-state index contributed by atoms with van der Waals surface area (Å²) in [6.45, 7) is 3.74. The molecule has 2 amide bonds. The van der Waals surface area contributed by atoms with Crippen molar-refractivity contribution in [1.29, 1.82) is 0 Å². The molecule has 1 atom stereocenters. The summed E-state index contributed by atoms with van der Waals surface area (Å²) < 4.78 is 5.97. The molecule has 7 heteroatoms. The van der Waals surface area contributed by atoms with Gasteiger partial charge in [0.15, 0.2) is 0 Å². The average molecular weight is 345 g/mol.